The topological polar surface area (TPSA) is 106 Å². The molecular formula is C12H16N2O6S. The van der Waals surface area contributed by atoms with Gasteiger partial charge >= 0.3 is 0 Å². The van der Waals surface area contributed by atoms with Crippen LogP contribution in [0.5, 0.6) is 0 Å². The SMILES string of the molecule is CS(=O)(=O)N1CCO[C@H](CNC(=O)C(=O)c2ccco2)C1. The molecule has 2 heterocycles. The Hall–Kier alpha value is -1.71. The van der Waals surface area contributed by atoms with Gasteiger partial charge in [0.05, 0.1) is 25.2 Å². The molecule has 1 aromatic heterocycles. The highest BCUT2D eigenvalue weighted by atomic mass is 32.2. The maximum Gasteiger partial charge on any atom is 0.295 e. The van der Waals surface area contributed by atoms with Gasteiger partial charge in [0.1, 0.15) is 0 Å². The summed E-state index contributed by atoms with van der Waals surface area (Å²) >= 11 is 0. The molecule has 21 heavy (non-hydrogen) atoms. The van der Waals surface area contributed by atoms with Crippen LogP contribution in [0.2, 0.25) is 0 Å². The van der Waals surface area contributed by atoms with Gasteiger partial charge in [0.15, 0.2) is 5.76 Å². The first-order valence-electron chi connectivity index (χ1n) is 6.30. The Morgan fingerprint density at radius 2 is 2.24 bits per heavy atom. The van der Waals surface area contributed by atoms with Crippen molar-refractivity contribution in [2.24, 2.45) is 0 Å². The lowest BCUT2D eigenvalue weighted by molar-refractivity contribution is -0.118. The first-order valence-corrected chi connectivity index (χ1v) is 8.15. The van der Waals surface area contributed by atoms with Crippen molar-refractivity contribution < 1.29 is 27.2 Å². The first kappa shape index (κ1) is 15.7. The molecule has 0 unspecified atom stereocenters. The summed E-state index contributed by atoms with van der Waals surface area (Å²) in [7, 11) is -3.29. The fourth-order valence-corrected chi connectivity index (χ4v) is 2.77. The van der Waals surface area contributed by atoms with Crippen LogP contribution in [0.1, 0.15) is 10.6 Å². The van der Waals surface area contributed by atoms with E-state index < -0.39 is 27.8 Å². The van der Waals surface area contributed by atoms with E-state index in [0.29, 0.717) is 0 Å². The highest BCUT2D eigenvalue weighted by Crippen LogP contribution is 2.08. The number of carbonyl (C=O) groups is 2. The van der Waals surface area contributed by atoms with Gasteiger partial charge in [0.25, 0.3) is 11.7 Å². The van der Waals surface area contributed by atoms with E-state index in [1.54, 1.807) is 0 Å². The van der Waals surface area contributed by atoms with E-state index in [0.717, 1.165) is 6.26 Å². The first-order chi connectivity index (χ1) is 9.88. The van der Waals surface area contributed by atoms with E-state index >= 15 is 0 Å². The Morgan fingerprint density at radius 1 is 1.48 bits per heavy atom. The summed E-state index contributed by atoms with van der Waals surface area (Å²) in [5.41, 5.74) is 0. The maximum atomic E-state index is 11.7. The van der Waals surface area contributed by atoms with Crippen molar-refractivity contribution in [1.82, 2.24) is 9.62 Å². The van der Waals surface area contributed by atoms with Gasteiger partial charge in [-0.3, -0.25) is 9.59 Å². The Labute approximate surface area is 122 Å². The van der Waals surface area contributed by atoms with Crippen LogP contribution in [0, 0.1) is 0 Å². The third kappa shape index (κ3) is 4.13. The number of sulfonamides is 1. The molecule has 0 aromatic carbocycles. The Balaban J connectivity index is 1.85. The van der Waals surface area contributed by atoms with E-state index in [-0.39, 0.29) is 32.0 Å². The van der Waals surface area contributed by atoms with Crippen molar-refractivity contribution >= 4 is 21.7 Å². The van der Waals surface area contributed by atoms with Gasteiger partial charge in [0, 0.05) is 19.6 Å². The normalized spacial score (nSPS) is 20.1. The summed E-state index contributed by atoms with van der Waals surface area (Å²) < 4.78 is 34.4. The van der Waals surface area contributed by atoms with Crippen LogP contribution in [0.4, 0.5) is 0 Å². The zero-order valence-electron chi connectivity index (χ0n) is 11.4. The number of furan rings is 1. The van der Waals surface area contributed by atoms with Gasteiger partial charge in [-0.15, -0.1) is 0 Å². The zero-order chi connectivity index (χ0) is 15.5. The van der Waals surface area contributed by atoms with Gasteiger partial charge in [-0.25, -0.2) is 8.42 Å². The number of ether oxygens (including phenoxy) is 1. The largest absolute Gasteiger partial charge is 0.461 e. The van der Waals surface area contributed by atoms with Gasteiger partial charge in [-0.2, -0.15) is 4.31 Å². The van der Waals surface area contributed by atoms with Crippen LogP contribution in [0.15, 0.2) is 22.8 Å². The number of rotatable bonds is 5. The number of amides is 1. The third-order valence-corrected chi connectivity index (χ3v) is 4.28. The molecule has 116 valence electrons. The molecule has 1 aromatic rings. The molecule has 1 amide bonds. The maximum absolute atomic E-state index is 11.7. The van der Waals surface area contributed by atoms with Crippen molar-refractivity contribution in [2.75, 3.05) is 32.5 Å². The number of morpholine rings is 1. The third-order valence-electron chi connectivity index (χ3n) is 3.01. The number of hydrogen-bond donors (Lipinski definition) is 1. The van der Waals surface area contributed by atoms with E-state index in [1.807, 2.05) is 0 Å². The number of carbonyl (C=O) groups excluding carboxylic acids is 2. The quantitative estimate of drug-likeness (QED) is 0.565. The summed E-state index contributed by atoms with van der Waals surface area (Å²) in [5, 5.41) is 2.42. The van der Waals surface area contributed by atoms with Crippen LogP contribution >= 0.6 is 0 Å². The molecule has 0 spiro atoms. The molecule has 1 aliphatic rings. The second kappa shape index (κ2) is 6.37. The number of ketones is 1. The summed E-state index contributed by atoms with van der Waals surface area (Å²) in [6.45, 7) is 0.736. The van der Waals surface area contributed by atoms with Gasteiger partial charge < -0.3 is 14.5 Å². The lowest BCUT2D eigenvalue weighted by Gasteiger charge is -2.31. The second-order valence-corrected chi connectivity index (χ2v) is 6.61. The van der Waals surface area contributed by atoms with Gasteiger partial charge in [0.2, 0.25) is 10.0 Å². The van der Waals surface area contributed by atoms with E-state index in [1.165, 1.54) is 22.7 Å². The molecule has 1 atom stereocenters. The van der Waals surface area contributed by atoms with E-state index in [4.69, 9.17) is 9.15 Å². The lowest BCUT2D eigenvalue weighted by atomic mass is 10.2. The lowest BCUT2D eigenvalue weighted by Crippen LogP contribution is -2.49. The molecule has 9 heteroatoms. The molecule has 0 bridgehead atoms. The van der Waals surface area contributed by atoms with Crippen molar-refractivity contribution in [3.63, 3.8) is 0 Å². The average Bonchev–Trinajstić information content (AvgIpc) is 2.97. The smallest absolute Gasteiger partial charge is 0.295 e. The molecule has 2 rings (SSSR count). The summed E-state index contributed by atoms with van der Waals surface area (Å²) in [6, 6.07) is 2.90. The Bertz CT molecular complexity index is 610. The highest BCUT2D eigenvalue weighted by molar-refractivity contribution is 7.88. The van der Waals surface area contributed by atoms with Gasteiger partial charge in [-0.1, -0.05) is 0 Å². The van der Waals surface area contributed by atoms with Crippen LogP contribution in [0.25, 0.3) is 0 Å². The van der Waals surface area contributed by atoms with Crippen LogP contribution < -0.4 is 5.32 Å². The second-order valence-electron chi connectivity index (χ2n) is 4.63. The molecular weight excluding hydrogens is 300 g/mol. The van der Waals surface area contributed by atoms with E-state index in [2.05, 4.69) is 5.32 Å². The molecule has 0 aliphatic carbocycles. The van der Waals surface area contributed by atoms with Crippen molar-refractivity contribution in [3.8, 4) is 0 Å². The van der Waals surface area contributed by atoms with Crippen molar-refractivity contribution in [1.29, 1.82) is 0 Å². The minimum atomic E-state index is -3.29. The average molecular weight is 316 g/mol. The summed E-state index contributed by atoms with van der Waals surface area (Å²) in [4.78, 5) is 23.3. The highest BCUT2D eigenvalue weighted by Gasteiger charge is 2.27. The molecule has 1 fully saturated rings. The Kier molecular flexibility index (Phi) is 4.76. The molecule has 0 saturated carbocycles. The molecule has 8 nitrogen and oxygen atoms in total. The number of hydrogen-bond acceptors (Lipinski definition) is 6. The fourth-order valence-electron chi connectivity index (χ4n) is 1.92. The van der Waals surface area contributed by atoms with Crippen LogP contribution in [-0.4, -0.2) is 63.0 Å². The predicted molar refractivity (Wildman–Crippen MR) is 72.2 cm³/mol. The summed E-state index contributed by atoms with van der Waals surface area (Å²) in [6.07, 6.45) is 1.94. The standard InChI is InChI=1S/C12H16N2O6S/c1-21(17,18)14-4-6-19-9(8-14)7-13-12(16)11(15)10-3-2-5-20-10/h2-3,5,9H,4,6-8H2,1H3,(H,13,16)/t9-/m1/s1. The van der Waals surface area contributed by atoms with Crippen molar-refractivity contribution in [2.45, 2.75) is 6.10 Å². The number of Topliss-reactive ketones (excluding diaryl/α,β-unsaturated/α-hetero) is 1. The predicted octanol–water partition coefficient (Wildman–Crippen LogP) is -0.761. The fraction of sp³-hybridized carbons (Fsp3) is 0.500. The van der Waals surface area contributed by atoms with E-state index in [9.17, 15) is 18.0 Å². The van der Waals surface area contributed by atoms with Gasteiger partial charge in [-0.05, 0) is 12.1 Å². The molecule has 0 radical (unpaired) electrons. The van der Waals surface area contributed by atoms with Crippen LogP contribution in [0.3, 0.4) is 0 Å². The Morgan fingerprint density at radius 3 is 2.86 bits per heavy atom. The molecule has 1 aliphatic heterocycles. The van der Waals surface area contributed by atoms with Crippen LogP contribution in [-0.2, 0) is 19.6 Å². The summed E-state index contributed by atoms with van der Waals surface area (Å²) in [5.74, 6) is -1.64. The minimum Gasteiger partial charge on any atom is -0.461 e. The minimum absolute atomic E-state index is 0.0465. The zero-order valence-corrected chi connectivity index (χ0v) is 12.3. The monoisotopic (exact) mass is 316 g/mol. The number of nitrogens with one attached hydrogen (secondary N) is 1. The molecule has 1 N–H and O–H groups in total. The van der Waals surface area contributed by atoms with Crippen molar-refractivity contribution in [3.05, 3.63) is 24.2 Å². The molecule has 1 saturated heterocycles. The number of nitrogens with zero attached hydrogens (tertiary/aromatic N) is 1.